The molecule has 0 bridgehead atoms. The smallest absolute Gasteiger partial charge is 0.127 e. The van der Waals surface area contributed by atoms with E-state index in [1.165, 1.54) is 0 Å². The van der Waals surface area contributed by atoms with E-state index in [0.29, 0.717) is 6.61 Å². The molecule has 0 aliphatic carbocycles. The van der Waals surface area contributed by atoms with Crippen molar-refractivity contribution in [2.75, 3.05) is 20.8 Å². The first-order chi connectivity index (χ1) is 8.30. The maximum Gasteiger partial charge on any atom is 0.127 e. The molecule has 3 nitrogen and oxygen atoms in total. The van der Waals surface area contributed by atoms with E-state index in [4.69, 9.17) is 14.2 Å². The van der Waals surface area contributed by atoms with Crippen LogP contribution in [-0.4, -0.2) is 20.8 Å². The van der Waals surface area contributed by atoms with Crippen molar-refractivity contribution in [3.63, 3.8) is 0 Å². The Hall–Kier alpha value is -1.90. The van der Waals surface area contributed by atoms with Crippen LogP contribution in [0, 0.1) is 0 Å². The Balaban J connectivity index is 2.64. The van der Waals surface area contributed by atoms with Crippen molar-refractivity contribution >= 4 is 10.8 Å². The molecular weight excluding hydrogens is 216 g/mol. The van der Waals surface area contributed by atoms with Gasteiger partial charge >= 0.3 is 0 Å². The summed E-state index contributed by atoms with van der Waals surface area (Å²) in [5.74, 6) is 2.50. The lowest BCUT2D eigenvalue weighted by Gasteiger charge is -2.11. The van der Waals surface area contributed by atoms with Gasteiger partial charge in [-0.2, -0.15) is 0 Å². The molecular formula is C14H16O3. The summed E-state index contributed by atoms with van der Waals surface area (Å²) >= 11 is 0. The lowest BCUT2D eigenvalue weighted by molar-refractivity contribution is 0.340. The average molecular weight is 232 g/mol. The Kier molecular flexibility index (Phi) is 3.38. The second-order valence-corrected chi connectivity index (χ2v) is 3.61. The van der Waals surface area contributed by atoms with Gasteiger partial charge in [0.25, 0.3) is 0 Å². The first-order valence-electron chi connectivity index (χ1n) is 5.57. The minimum absolute atomic E-state index is 0.651. The van der Waals surface area contributed by atoms with Gasteiger partial charge in [-0.05, 0) is 37.3 Å². The van der Waals surface area contributed by atoms with Gasteiger partial charge in [-0.25, -0.2) is 0 Å². The molecule has 0 aromatic heterocycles. The van der Waals surface area contributed by atoms with Gasteiger partial charge in [0.05, 0.1) is 20.8 Å². The summed E-state index contributed by atoms with van der Waals surface area (Å²) in [4.78, 5) is 0. The standard InChI is InChI=1S/C14H16O3/c1-4-17-10-5-6-11-12(9-10)14(16-3)8-7-13(11)15-2/h5-9H,4H2,1-3H3. The molecule has 17 heavy (non-hydrogen) atoms. The van der Waals surface area contributed by atoms with E-state index >= 15 is 0 Å². The molecule has 0 atom stereocenters. The largest absolute Gasteiger partial charge is 0.496 e. The van der Waals surface area contributed by atoms with E-state index in [1.54, 1.807) is 14.2 Å². The van der Waals surface area contributed by atoms with Crippen molar-refractivity contribution in [2.24, 2.45) is 0 Å². The highest BCUT2D eigenvalue weighted by Gasteiger charge is 2.08. The number of fused-ring (bicyclic) bond motifs is 1. The molecule has 90 valence electrons. The fourth-order valence-electron chi connectivity index (χ4n) is 1.89. The van der Waals surface area contributed by atoms with Gasteiger partial charge in [-0.3, -0.25) is 0 Å². The molecule has 0 aliphatic heterocycles. The fraction of sp³-hybridized carbons (Fsp3) is 0.286. The van der Waals surface area contributed by atoms with Gasteiger partial charge in [0.15, 0.2) is 0 Å². The molecule has 0 spiro atoms. The van der Waals surface area contributed by atoms with Crippen LogP contribution in [0.3, 0.4) is 0 Å². The number of ether oxygens (including phenoxy) is 3. The van der Waals surface area contributed by atoms with Crippen molar-refractivity contribution in [3.05, 3.63) is 30.3 Å². The lowest BCUT2D eigenvalue weighted by atomic mass is 10.1. The summed E-state index contributed by atoms with van der Waals surface area (Å²) in [5, 5.41) is 2.02. The molecule has 0 aliphatic rings. The SMILES string of the molecule is CCOc1ccc2c(OC)ccc(OC)c2c1. The van der Waals surface area contributed by atoms with Crippen LogP contribution in [-0.2, 0) is 0 Å². The zero-order valence-corrected chi connectivity index (χ0v) is 10.3. The molecule has 0 heterocycles. The molecule has 0 radical (unpaired) electrons. The van der Waals surface area contributed by atoms with E-state index < -0.39 is 0 Å². The van der Waals surface area contributed by atoms with Crippen molar-refractivity contribution in [1.29, 1.82) is 0 Å². The summed E-state index contributed by atoms with van der Waals surface area (Å²) in [6.07, 6.45) is 0. The summed E-state index contributed by atoms with van der Waals surface area (Å²) in [7, 11) is 3.33. The van der Waals surface area contributed by atoms with Crippen LogP contribution in [0.4, 0.5) is 0 Å². The lowest BCUT2D eigenvalue weighted by Crippen LogP contribution is -1.93. The maximum absolute atomic E-state index is 5.49. The van der Waals surface area contributed by atoms with Crippen LogP contribution in [0.2, 0.25) is 0 Å². The Morgan fingerprint density at radius 3 is 2.12 bits per heavy atom. The fourth-order valence-corrected chi connectivity index (χ4v) is 1.89. The van der Waals surface area contributed by atoms with Crippen molar-refractivity contribution in [2.45, 2.75) is 6.92 Å². The summed E-state index contributed by atoms with van der Waals surface area (Å²) in [5.41, 5.74) is 0. The second kappa shape index (κ2) is 4.95. The molecule has 2 aromatic rings. The van der Waals surface area contributed by atoms with Crippen LogP contribution in [0.1, 0.15) is 6.92 Å². The average Bonchev–Trinajstić information content (AvgIpc) is 2.37. The Labute approximate surface area is 101 Å². The number of hydrogen-bond donors (Lipinski definition) is 0. The van der Waals surface area contributed by atoms with E-state index in [2.05, 4.69) is 0 Å². The third-order valence-electron chi connectivity index (χ3n) is 2.66. The maximum atomic E-state index is 5.49. The van der Waals surface area contributed by atoms with Crippen molar-refractivity contribution < 1.29 is 14.2 Å². The third-order valence-corrected chi connectivity index (χ3v) is 2.66. The monoisotopic (exact) mass is 232 g/mol. The quantitative estimate of drug-likeness (QED) is 0.809. The molecule has 0 fully saturated rings. The van der Waals surface area contributed by atoms with E-state index in [9.17, 15) is 0 Å². The minimum atomic E-state index is 0.651. The topological polar surface area (TPSA) is 27.7 Å². The molecule has 2 rings (SSSR count). The zero-order valence-electron chi connectivity index (χ0n) is 10.3. The number of benzene rings is 2. The predicted octanol–water partition coefficient (Wildman–Crippen LogP) is 3.26. The number of methoxy groups -OCH3 is 2. The normalized spacial score (nSPS) is 10.3. The summed E-state index contributed by atoms with van der Waals surface area (Å²) in [6, 6.07) is 9.70. The highest BCUT2D eigenvalue weighted by molar-refractivity contribution is 5.94. The van der Waals surface area contributed by atoms with Crippen molar-refractivity contribution in [3.8, 4) is 17.2 Å². The van der Waals surface area contributed by atoms with Crippen LogP contribution < -0.4 is 14.2 Å². The third kappa shape index (κ3) is 2.13. The second-order valence-electron chi connectivity index (χ2n) is 3.61. The Morgan fingerprint density at radius 2 is 1.53 bits per heavy atom. The molecule has 0 saturated carbocycles. The summed E-state index contributed by atoms with van der Waals surface area (Å²) in [6.45, 7) is 2.62. The van der Waals surface area contributed by atoms with Gasteiger partial charge in [0, 0.05) is 10.8 Å². The van der Waals surface area contributed by atoms with E-state index in [0.717, 1.165) is 28.0 Å². The zero-order chi connectivity index (χ0) is 12.3. The van der Waals surface area contributed by atoms with Crippen LogP contribution in [0.5, 0.6) is 17.2 Å². The number of rotatable bonds is 4. The van der Waals surface area contributed by atoms with Gasteiger partial charge < -0.3 is 14.2 Å². The van der Waals surface area contributed by atoms with Crippen LogP contribution in [0.15, 0.2) is 30.3 Å². The Morgan fingerprint density at radius 1 is 0.882 bits per heavy atom. The molecule has 0 amide bonds. The van der Waals surface area contributed by atoms with Crippen LogP contribution in [0.25, 0.3) is 10.8 Å². The number of hydrogen-bond acceptors (Lipinski definition) is 3. The van der Waals surface area contributed by atoms with Gasteiger partial charge in [-0.1, -0.05) is 0 Å². The first kappa shape index (κ1) is 11.6. The molecule has 2 aromatic carbocycles. The highest BCUT2D eigenvalue weighted by atomic mass is 16.5. The van der Waals surface area contributed by atoms with Gasteiger partial charge in [-0.15, -0.1) is 0 Å². The molecule has 0 saturated heterocycles. The summed E-state index contributed by atoms with van der Waals surface area (Å²) < 4.78 is 16.2. The predicted molar refractivity (Wildman–Crippen MR) is 68.2 cm³/mol. The first-order valence-corrected chi connectivity index (χ1v) is 5.57. The Bertz CT molecular complexity index is 520. The van der Waals surface area contributed by atoms with Crippen LogP contribution >= 0.6 is 0 Å². The van der Waals surface area contributed by atoms with Gasteiger partial charge in [0.2, 0.25) is 0 Å². The van der Waals surface area contributed by atoms with E-state index in [-0.39, 0.29) is 0 Å². The molecule has 3 heteroatoms. The highest BCUT2D eigenvalue weighted by Crippen LogP contribution is 2.35. The molecule has 0 unspecified atom stereocenters. The van der Waals surface area contributed by atoms with E-state index in [1.807, 2.05) is 37.3 Å². The van der Waals surface area contributed by atoms with Crippen molar-refractivity contribution in [1.82, 2.24) is 0 Å². The molecule has 0 N–H and O–H groups in total. The minimum Gasteiger partial charge on any atom is -0.496 e. The van der Waals surface area contributed by atoms with Gasteiger partial charge in [0.1, 0.15) is 17.2 Å².